The zero-order valence-corrected chi connectivity index (χ0v) is 13.0. The number of thiophene rings is 1. The normalized spacial score (nSPS) is 12.9. The van der Waals surface area contributed by atoms with Crippen LogP contribution in [0, 0.1) is 0 Å². The molecule has 0 bridgehead atoms. The fraction of sp³-hybridized carbons (Fsp3) is 0.692. The molecular weight excluding hydrogens is 247 g/mol. The van der Waals surface area contributed by atoms with Gasteiger partial charge in [-0.3, -0.25) is 0 Å². The molecule has 0 aliphatic rings. The van der Waals surface area contributed by atoms with Crippen LogP contribution in [0.1, 0.15) is 41.5 Å². The van der Waals surface area contributed by atoms with Crippen molar-refractivity contribution in [3.8, 4) is 0 Å². The van der Waals surface area contributed by atoms with Crippen molar-refractivity contribution in [2.75, 3.05) is 0 Å². The molecule has 0 spiro atoms. The molecule has 0 saturated heterocycles. The summed E-state index contributed by atoms with van der Waals surface area (Å²) in [6.45, 7) is 10.1. The Bertz CT molecular complexity index is 309. The Kier molecular flexibility index (Phi) is 5.85. The zero-order chi connectivity index (χ0) is 13.8. The van der Waals surface area contributed by atoms with Gasteiger partial charge in [-0.2, -0.15) is 11.3 Å². The van der Waals surface area contributed by atoms with Crippen molar-refractivity contribution >= 4 is 23.6 Å². The minimum atomic E-state index is -1.86. The largest absolute Gasteiger partial charge is 0.539 e. The van der Waals surface area contributed by atoms with Crippen molar-refractivity contribution in [2.24, 2.45) is 0 Å². The molecule has 0 unspecified atom stereocenters. The predicted molar refractivity (Wildman–Crippen MR) is 78.4 cm³/mol. The van der Waals surface area contributed by atoms with Crippen molar-refractivity contribution < 1.29 is 14.0 Å². The van der Waals surface area contributed by atoms with Gasteiger partial charge in [0.1, 0.15) is 0 Å². The maximum atomic E-state index is 6.03. The summed E-state index contributed by atoms with van der Waals surface area (Å²) in [5, 5.41) is 4.05. The summed E-state index contributed by atoms with van der Waals surface area (Å²) in [5.41, 5.74) is 0.983. The van der Waals surface area contributed by atoms with Crippen LogP contribution in [0.5, 0.6) is 0 Å². The van der Waals surface area contributed by atoms with Gasteiger partial charge in [0.25, 0.3) is 0 Å². The standard InChI is InChI=1S/C13H24BO3S/c1-10(2)15-14(16-11(3)4,17-12(5)6)13-7-8-18-9-13/h7-12H,1-6H3/q-1. The van der Waals surface area contributed by atoms with Gasteiger partial charge in [0.2, 0.25) is 0 Å². The number of rotatable bonds is 7. The van der Waals surface area contributed by atoms with Crippen LogP contribution in [-0.4, -0.2) is 25.1 Å². The molecule has 18 heavy (non-hydrogen) atoms. The second-order valence-corrected chi connectivity index (χ2v) is 6.03. The lowest BCUT2D eigenvalue weighted by molar-refractivity contribution is 0.0154. The number of hydrogen-bond acceptors (Lipinski definition) is 4. The van der Waals surface area contributed by atoms with Crippen molar-refractivity contribution in [2.45, 2.75) is 59.9 Å². The van der Waals surface area contributed by atoms with Crippen molar-refractivity contribution in [1.29, 1.82) is 0 Å². The second-order valence-electron chi connectivity index (χ2n) is 5.25. The van der Waals surface area contributed by atoms with E-state index < -0.39 is 6.75 Å². The second kappa shape index (κ2) is 6.71. The highest BCUT2D eigenvalue weighted by Crippen LogP contribution is 2.19. The summed E-state index contributed by atoms with van der Waals surface area (Å²) >= 11 is 1.62. The lowest BCUT2D eigenvalue weighted by Crippen LogP contribution is -2.59. The van der Waals surface area contributed by atoms with E-state index in [0.29, 0.717) is 0 Å². The van der Waals surface area contributed by atoms with Crippen LogP contribution >= 0.6 is 11.3 Å². The smallest absolute Gasteiger partial charge is 0.410 e. The Morgan fingerprint density at radius 3 is 1.61 bits per heavy atom. The van der Waals surface area contributed by atoms with E-state index in [9.17, 15) is 0 Å². The van der Waals surface area contributed by atoms with Crippen LogP contribution in [0.4, 0.5) is 0 Å². The van der Waals surface area contributed by atoms with Crippen molar-refractivity contribution in [3.63, 3.8) is 0 Å². The predicted octanol–water partition coefficient (Wildman–Crippen LogP) is 3.17. The van der Waals surface area contributed by atoms with E-state index in [1.165, 1.54) is 0 Å². The van der Waals surface area contributed by atoms with Crippen molar-refractivity contribution in [1.82, 2.24) is 0 Å². The Morgan fingerprint density at radius 1 is 0.889 bits per heavy atom. The van der Waals surface area contributed by atoms with Gasteiger partial charge in [0.15, 0.2) is 0 Å². The summed E-state index contributed by atoms with van der Waals surface area (Å²) < 4.78 is 18.1. The van der Waals surface area contributed by atoms with Crippen LogP contribution in [0.3, 0.4) is 0 Å². The Hall–Kier alpha value is -0.355. The Labute approximate surface area is 114 Å². The molecular formula is C13H24BO3S-. The lowest BCUT2D eigenvalue weighted by Gasteiger charge is -2.46. The molecule has 5 heteroatoms. The van der Waals surface area contributed by atoms with Gasteiger partial charge in [0, 0.05) is 18.3 Å². The van der Waals surface area contributed by atoms with Crippen LogP contribution < -0.4 is 5.46 Å². The van der Waals surface area contributed by atoms with E-state index in [-0.39, 0.29) is 18.3 Å². The molecule has 0 N–H and O–H groups in total. The molecule has 1 heterocycles. The Balaban J connectivity index is 3.07. The molecule has 0 fully saturated rings. The van der Waals surface area contributed by atoms with Crippen molar-refractivity contribution in [3.05, 3.63) is 16.8 Å². The third-order valence-corrected chi connectivity index (χ3v) is 3.01. The van der Waals surface area contributed by atoms with E-state index in [0.717, 1.165) is 5.46 Å². The molecule has 0 aromatic carbocycles. The van der Waals surface area contributed by atoms with Crippen LogP contribution in [0.25, 0.3) is 0 Å². The van der Waals surface area contributed by atoms with E-state index in [1.54, 1.807) is 11.3 Å². The van der Waals surface area contributed by atoms with Gasteiger partial charge in [-0.25, -0.2) is 0 Å². The molecule has 0 atom stereocenters. The topological polar surface area (TPSA) is 27.7 Å². The molecule has 0 radical (unpaired) electrons. The highest BCUT2D eigenvalue weighted by atomic mass is 32.1. The van der Waals surface area contributed by atoms with E-state index in [2.05, 4.69) is 0 Å². The molecule has 0 aliphatic heterocycles. The van der Waals surface area contributed by atoms with Crippen LogP contribution in [-0.2, 0) is 14.0 Å². The minimum absolute atomic E-state index is 0.0439. The van der Waals surface area contributed by atoms with Gasteiger partial charge in [-0.1, -0.05) is 6.07 Å². The molecule has 0 aliphatic carbocycles. The fourth-order valence-corrected chi connectivity index (χ4v) is 2.60. The van der Waals surface area contributed by atoms with E-state index >= 15 is 0 Å². The summed E-state index contributed by atoms with van der Waals surface area (Å²) in [7, 11) is 0. The summed E-state index contributed by atoms with van der Waals surface area (Å²) in [6, 6.07) is 2.01. The van der Waals surface area contributed by atoms with Gasteiger partial charge in [-0.15, -0.1) is 5.46 Å². The third-order valence-electron chi connectivity index (χ3n) is 2.31. The minimum Gasteiger partial charge on any atom is -0.539 e. The first-order chi connectivity index (χ1) is 8.35. The van der Waals surface area contributed by atoms with Gasteiger partial charge in [0.05, 0.1) is 0 Å². The molecule has 0 saturated carbocycles. The first-order valence-corrected chi connectivity index (χ1v) is 7.49. The fourth-order valence-electron chi connectivity index (χ4n) is 1.88. The average Bonchev–Trinajstić information content (AvgIpc) is 2.65. The van der Waals surface area contributed by atoms with Gasteiger partial charge in [-0.05, 0) is 52.3 Å². The SMILES string of the molecule is CC(C)O[B-](OC(C)C)(OC(C)C)c1ccsc1. The molecule has 1 aromatic rings. The van der Waals surface area contributed by atoms with Crippen LogP contribution in [0.15, 0.2) is 16.8 Å². The highest BCUT2D eigenvalue weighted by Gasteiger charge is 2.34. The number of hydrogen-bond donors (Lipinski definition) is 0. The summed E-state index contributed by atoms with van der Waals surface area (Å²) in [6.07, 6.45) is 0.132. The highest BCUT2D eigenvalue weighted by molar-refractivity contribution is 7.09. The van der Waals surface area contributed by atoms with E-state index in [1.807, 2.05) is 58.4 Å². The zero-order valence-electron chi connectivity index (χ0n) is 12.2. The Morgan fingerprint density at radius 2 is 1.33 bits per heavy atom. The first-order valence-electron chi connectivity index (χ1n) is 6.55. The molecule has 1 aromatic heterocycles. The molecule has 1 rings (SSSR count). The monoisotopic (exact) mass is 271 g/mol. The lowest BCUT2D eigenvalue weighted by atomic mass is 9.69. The van der Waals surface area contributed by atoms with Crippen LogP contribution in [0.2, 0.25) is 0 Å². The summed E-state index contributed by atoms with van der Waals surface area (Å²) in [5.74, 6) is 0. The molecule has 104 valence electrons. The molecule has 0 amide bonds. The molecule has 3 nitrogen and oxygen atoms in total. The van der Waals surface area contributed by atoms with E-state index in [4.69, 9.17) is 14.0 Å². The first kappa shape index (κ1) is 15.7. The van der Waals surface area contributed by atoms with Gasteiger partial charge >= 0.3 is 6.75 Å². The average molecular weight is 271 g/mol. The quantitative estimate of drug-likeness (QED) is 0.713. The maximum Gasteiger partial charge on any atom is 0.410 e. The maximum absolute atomic E-state index is 6.03. The third kappa shape index (κ3) is 4.39. The summed E-state index contributed by atoms with van der Waals surface area (Å²) in [4.78, 5) is 0. The van der Waals surface area contributed by atoms with Gasteiger partial charge < -0.3 is 14.0 Å².